The van der Waals surface area contributed by atoms with E-state index in [1.165, 1.54) is 56.2 Å². The van der Waals surface area contributed by atoms with Crippen molar-refractivity contribution in [3.63, 3.8) is 0 Å². The van der Waals surface area contributed by atoms with Crippen molar-refractivity contribution in [2.75, 3.05) is 26.5 Å². The average Bonchev–Trinajstić information content (AvgIpc) is 2.53. The van der Waals surface area contributed by atoms with Gasteiger partial charge in [-0.3, -0.25) is 0 Å². The molecule has 3 heteroatoms. The summed E-state index contributed by atoms with van der Waals surface area (Å²) in [5.74, 6) is 2.02. The molecule has 0 saturated carbocycles. The number of methoxy groups -OCH3 is 2. The molecule has 0 N–H and O–H groups in total. The second kappa shape index (κ2) is 10.9. The second-order valence-electron chi connectivity index (χ2n) is 5.41. The summed E-state index contributed by atoms with van der Waals surface area (Å²) in [4.78, 5) is 0. The van der Waals surface area contributed by atoms with Crippen LogP contribution >= 0.6 is 7.92 Å². The number of hydrogen-bond donors (Lipinski definition) is 0. The molecule has 0 amide bonds. The molecule has 0 bridgehead atoms. The van der Waals surface area contributed by atoms with Crippen LogP contribution in [0, 0.1) is 0 Å². The molecule has 1 rings (SSSR count). The zero-order valence-corrected chi connectivity index (χ0v) is 15.0. The molecule has 0 spiro atoms. The van der Waals surface area contributed by atoms with E-state index in [1.807, 2.05) is 6.07 Å². The van der Waals surface area contributed by atoms with Crippen molar-refractivity contribution < 1.29 is 9.47 Å². The SMILES string of the molecule is CCCCCP(CCCCC)c1c(OC)cccc1OC. The first-order chi connectivity index (χ1) is 10.3. The Balaban J connectivity index is 2.93. The lowest BCUT2D eigenvalue weighted by Crippen LogP contribution is -2.13. The fraction of sp³-hybridized carbons (Fsp3) is 0.667. The van der Waals surface area contributed by atoms with Crippen molar-refractivity contribution >= 4 is 13.2 Å². The van der Waals surface area contributed by atoms with Crippen LogP contribution in [0.25, 0.3) is 0 Å². The van der Waals surface area contributed by atoms with Crippen LogP contribution in [-0.4, -0.2) is 26.5 Å². The maximum absolute atomic E-state index is 5.62. The van der Waals surface area contributed by atoms with Crippen LogP contribution in [0.2, 0.25) is 0 Å². The third-order valence-electron chi connectivity index (χ3n) is 3.78. The highest BCUT2D eigenvalue weighted by Gasteiger charge is 2.19. The standard InChI is InChI=1S/C18H31O2P/c1-5-7-9-14-21(15-10-8-6-2)18-16(19-3)12-11-13-17(18)20-4/h11-13H,5-10,14-15H2,1-4H3. The molecule has 0 aliphatic rings. The number of rotatable bonds is 11. The number of ether oxygens (including phenoxy) is 2. The lowest BCUT2D eigenvalue weighted by atomic mass is 10.3. The van der Waals surface area contributed by atoms with Gasteiger partial charge in [-0.05, 0) is 37.3 Å². The van der Waals surface area contributed by atoms with Crippen LogP contribution in [0.1, 0.15) is 52.4 Å². The zero-order valence-electron chi connectivity index (χ0n) is 14.2. The maximum atomic E-state index is 5.62. The Kier molecular flexibility index (Phi) is 9.50. The molecule has 0 aromatic heterocycles. The van der Waals surface area contributed by atoms with Crippen LogP contribution in [0.5, 0.6) is 11.5 Å². The molecule has 21 heavy (non-hydrogen) atoms. The van der Waals surface area contributed by atoms with Gasteiger partial charge in [-0.25, -0.2) is 0 Å². The number of unbranched alkanes of at least 4 members (excludes halogenated alkanes) is 4. The highest BCUT2D eigenvalue weighted by atomic mass is 31.1. The molecule has 0 atom stereocenters. The van der Waals surface area contributed by atoms with E-state index in [0.29, 0.717) is 0 Å². The van der Waals surface area contributed by atoms with Gasteiger partial charge in [0.1, 0.15) is 11.5 Å². The third-order valence-corrected chi connectivity index (χ3v) is 6.57. The average molecular weight is 310 g/mol. The Morgan fingerprint density at radius 3 is 1.67 bits per heavy atom. The monoisotopic (exact) mass is 310 g/mol. The molecule has 0 aliphatic heterocycles. The van der Waals surface area contributed by atoms with Gasteiger partial charge in [0.25, 0.3) is 0 Å². The smallest absolute Gasteiger partial charge is 0.130 e. The van der Waals surface area contributed by atoms with E-state index in [0.717, 1.165) is 11.5 Å². The van der Waals surface area contributed by atoms with Crippen LogP contribution < -0.4 is 14.8 Å². The van der Waals surface area contributed by atoms with Crippen molar-refractivity contribution in [3.8, 4) is 11.5 Å². The molecule has 1 aromatic rings. The second-order valence-corrected chi connectivity index (χ2v) is 7.83. The van der Waals surface area contributed by atoms with Gasteiger partial charge in [-0.15, -0.1) is 0 Å². The zero-order chi connectivity index (χ0) is 15.5. The highest BCUT2D eigenvalue weighted by molar-refractivity contribution is 7.66. The Morgan fingerprint density at radius 2 is 1.29 bits per heavy atom. The summed E-state index contributed by atoms with van der Waals surface area (Å²) in [6.45, 7) is 4.53. The van der Waals surface area contributed by atoms with E-state index in [2.05, 4.69) is 26.0 Å². The first kappa shape index (κ1) is 18.3. The van der Waals surface area contributed by atoms with E-state index in [9.17, 15) is 0 Å². The molecular weight excluding hydrogens is 279 g/mol. The number of benzene rings is 1. The van der Waals surface area contributed by atoms with Gasteiger partial charge in [-0.1, -0.05) is 53.5 Å². The Morgan fingerprint density at radius 1 is 0.810 bits per heavy atom. The summed E-state index contributed by atoms with van der Waals surface area (Å²) in [6, 6.07) is 6.17. The van der Waals surface area contributed by atoms with Gasteiger partial charge in [-0.2, -0.15) is 0 Å². The minimum atomic E-state index is -0.182. The largest absolute Gasteiger partial charge is 0.496 e. The van der Waals surface area contributed by atoms with E-state index in [-0.39, 0.29) is 7.92 Å². The quantitative estimate of drug-likeness (QED) is 0.413. The predicted molar refractivity (Wildman–Crippen MR) is 94.9 cm³/mol. The van der Waals surface area contributed by atoms with E-state index >= 15 is 0 Å². The summed E-state index contributed by atoms with van der Waals surface area (Å²) in [6.07, 6.45) is 10.4. The molecule has 0 fully saturated rings. The molecule has 0 heterocycles. The van der Waals surface area contributed by atoms with Crippen molar-refractivity contribution in [1.29, 1.82) is 0 Å². The maximum Gasteiger partial charge on any atom is 0.130 e. The van der Waals surface area contributed by atoms with Crippen LogP contribution in [0.15, 0.2) is 18.2 Å². The predicted octanol–water partition coefficient (Wildman–Crippen LogP) is 5.19. The van der Waals surface area contributed by atoms with Gasteiger partial charge in [0.15, 0.2) is 0 Å². The summed E-state index contributed by atoms with van der Waals surface area (Å²) in [5.41, 5.74) is 0. The van der Waals surface area contributed by atoms with E-state index in [1.54, 1.807) is 14.2 Å². The Labute approximate surface area is 132 Å². The molecule has 0 unspecified atom stereocenters. The molecule has 0 radical (unpaired) electrons. The first-order valence-electron chi connectivity index (χ1n) is 8.24. The lowest BCUT2D eigenvalue weighted by molar-refractivity contribution is 0.400. The molecule has 2 nitrogen and oxygen atoms in total. The van der Waals surface area contributed by atoms with Crippen LogP contribution in [-0.2, 0) is 0 Å². The summed E-state index contributed by atoms with van der Waals surface area (Å²) in [5, 5.41) is 1.34. The summed E-state index contributed by atoms with van der Waals surface area (Å²) in [7, 11) is 3.35. The first-order valence-corrected chi connectivity index (χ1v) is 9.95. The fourth-order valence-corrected chi connectivity index (χ4v) is 5.42. The fourth-order valence-electron chi connectivity index (χ4n) is 2.58. The van der Waals surface area contributed by atoms with Crippen molar-refractivity contribution in [3.05, 3.63) is 18.2 Å². The molecular formula is C18H31O2P. The van der Waals surface area contributed by atoms with Crippen molar-refractivity contribution in [2.45, 2.75) is 52.4 Å². The summed E-state index contributed by atoms with van der Waals surface area (Å²) < 4.78 is 11.2. The van der Waals surface area contributed by atoms with Gasteiger partial charge < -0.3 is 9.47 Å². The highest BCUT2D eigenvalue weighted by Crippen LogP contribution is 2.43. The molecule has 0 aliphatic carbocycles. The molecule has 120 valence electrons. The minimum Gasteiger partial charge on any atom is -0.496 e. The van der Waals surface area contributed by atoms with Crippen molar-refractivity contribution in [1.82, 2.24) is 0 Å². The van der Waals surface area contributed by atoms with Crippen LogP contribution in [0.4, 0.5) is 0 Å². The van der Waals surface area contributed by atoms with Gasteiger partial charge in [0.05, 0.1) is 19.5 Å². The number of hydrogen-bond acceptors (Lipinski definition) is 2. The molecule has 0 saturated heterocycles. The lowest BCUT2D eigenvalue weighted by Gasteiger charge is -2.23. The van der Waals surface area contributed by atoms with Gasteiger partial charge >= 0.3 is 0 Å². The topological polar surface area (TPSA) is 18.5 Å². The third kappa shape index (κ3) is 5.87. The van der Waals surface area contributed by atoms with Crippen molar-refractivity contribution in [2.24, 2.45) is 0 Å². The minimum absolute atomic E-state index is 0.182. The van der Waals surface area contributed by atoms with E-state index in [4.69, 9.17) is 9.47 Å². The normalized spacial score (nSPS) is 10.9. The Hall–Kier alpha value is -0.750. The van der Waals surface area contributed by atoms with Gasteiger partial charge in [0.2, 0.25) is 0 Å². The summed E-state index contributed by atoms with van der Waals surface area (Å²) >= 11 is 0. The van der Waals surface area contributed by atoms with E-state index < -0.39 is 0 Å². The molecule has 1 aromatic carbocycles. The van der Waals surface area contributed by atoms with Gasteiger partial charge in [0, 0.05) is 0 Å². The Bertz CT molecular complexity index is 361. The van der Waals surface area contributed by atoms with Crippen LogP contribution in [0.3, 0.4) is 0 Å².